The summed E-state index contributed by atoms with van der Waals surface area (Å²) in [5, 5.41) is 0. The molecule has 0 aliphatic heterocycles. The lowest BCUT2D eigenvalue weighted by atomic mass is 10.2. The Kier molecular flexibility index (Phi) is 9.72. The van der Waals surface area contributed by atoms with Crippen LogP contribution in [0.15, 0.2) is 24.3 Å². The molecule has 5 heteroatoms. The van der Waals surface area contributed by atoms with Crippen LogP contribution in [-0.4, -0.2) is 34.2 Å². The van der Waals surface area contributed by atoms with Crippen molar-refractivity contribution >= 4 is 8.80 Å². The van der Waals surface area contributed by atoms with Gasteiger partial charge in [-0.1, -0.05) is 32.9 Å². The minimum absolute atomic E-state index is 0.109. The molecular formula is C20H36O4Si. The van der Waals surface area contributed by atoms with Gasteiger partial charge in [0.1, 0.15) is 5.75 Å². The van der Waals surface area contributed by atoms with Gasteiger partial charge in [-0.25, -0.2) is 0 Å². The summed E-state index contributed by atoms with van der Waals surface area (Å²) in [6.45, 7) is 12.7. The zero-order chi connectivity index (χ0) is 18.9. The molecule has 0 bridgehead atoms. The van der Waals surface area contributed by atoms with Crippen LogP contribution in [-0.2, 0) is 19.3 Å². The second kappa shape index (κ2) is 11.0. The zero-order valence-corrected chi connectivity index (χ0v) is 18.0. The first-order valence-electron chi connectivity index (χ1n) is 9.54. The van der Waals surface area contributed by atoms with Crippen molar-refractivity contribution in [1.82, 2.24) is 0 Å². The number of hydrogen-bond acceptors (Lipinski definition) is 4. The van der Waals surface area contributed by atoms with E-state index in [4.69, 9.17) is 18.0 Å². The van der Waals surface area contributed by atoms with Gasteiger partial charge in [-0.3, -0.25) is 0 Å². The van der Waals surface area contributed by atoms with E-state index < -0.39 is 8.80 Å². The van der Waals surface area contributed by atoms with E-state index in [0.29, 0.717) is 6.04 Å². The lowest BCUT2D eigenvalue weighted by Gasteiger charge is -2.36. The van der Waals surface area contributed by atoms with E-state index >= 15 is 0 Å². The first-order valence-corrected chi connectivity index (χ1v) is 11.5. The van der Waals surface area contributed by atoms with Crippen LogP contribution in [0.3, 0.4) is 0 Å². The van der Waals surface area contributed by atoms with Gasteiger partial charge < -0.3 is 18.0 Å². The second-order valence-electron chi connectivity index (χ2n) is 6.72. The van der Waals surface area contributed by atoms with E-state index in [0.717, 1.165) is 30.6 Å². The van der Waals surface area contributed by atoms with E-state index in [2.05, 4.69) is 53.7 Å². The average Bonchev–Trinajstić information content (AvgIpc) is 2.61. The summed E-state index contributed by atoms with van der Waals surface area (Å²) in [5.74, 6) is 0.851. The van der Waals surface area contributed by atoms with Crippen molar-refractivity contribution in [2.75, 3.05) is 7.11 Å². The fraction of sp³-hybridized carbons (Fsp3) is 0.700. The van der Waals surface area contributed by atoms with Crippen LogP contribution in [0.4, 0.5) is 0 Å². The van der Waals surface area contributed by atoms with Crippen molar-refractivity contribution in [3.05, 3.63) is 29.8 Å². The van der Waals surface area contributed by atoms with Crippen LogP contribution in [0.5, 0.6) is 5.75 Å². The van der Waals surface area contributed by atoms with E-state index in [9.17, 15) is 0 Å². The Morgan fingerprint density at radius 2 is 1.16 bits per heavy atom. The molecule has 0 heterocycles. The highest BCUT2D eigenvalue weighted by molar-refractivity contribution is 6.60. The molecule has 0 aliphatic carbocycles. The predicted octanol–water partition coefficient (Wildman–Crippen LogP) is 5.16. The molecule has 1 aromatic rings. The van der Waals surface area contributed by atoms with Crippen LogP contribution in [0.25, 0.3) is 0 Å². The Hall–Kier alpha value is -0.883. The second-order valence-corrected chi connectivity index (χ2v) is 9.14. The smallest absolute Gasteiger partial charge is 0.497 e. The number of hydrogen-bond donors (Lipinski definition) is 0. The van der Waals surface area contributed by atoms with Gasteiger partial charge in [-0.05, 0) is 57.7 Å². The lowest BCUT2D eigenvalue weighted by Crippen LogP contribution is -2.53. The molecule has 0 aromatic heterocycles. The fourth-order valence-electron chi connectivity index (χ4n) is 2.37. The predicted molar refractivity (Wildman–Crippen MR) is 105 cm³/mol. The maximum Gasteiger partial charge on any atom is 0.506 e. The third kappa shape index (κ3) is 7.48. The molecule has 0 spiro atoms. The molecule has 0 amide bonds. The van der Waals surface area contributed by atoms with Crippen LogP contribution < -0.4 is 4.74 Å². The SMILES string of the molecule is CCC(C)O[Si](Cc1ccc(OC)cc1)(OC(C)CC)OC(C)CC. The maximum atomic E-state index is 6.46. The maximum absolute atomic E-state index is 6.46. The Morgan fingerprint density at radius 3 is 1.48 bits per heavy atom. The largest absolute Gasteiger partial charge is 0.506 e. The van der Waals surface area contributed by atoms with Gasteiger partial charge in [-0.2, -0.15) is 0 Å². The fourth-order valence-corrected chi connectivity index (χ4v) is 5.86. The molecule has 4 nitrogen and oxygen atoms in total. The number of benzene rings is 1. The summed E-state index contributed by atoms with van der Waals surface area (Å²) >= 11 is 0. The first kappa shape index (κ1) is 22.2. The van der Waals surface area contributed by atoms with Gasteiger partial charge in [0.25, 0.3) is 0 Å². The monoisotopic (exact) mass is 368 g/mol. The van der Waals surface area contributed by atoms with E-state index in [1.165, 1.54) is 0 Å². The van der Waals surface area contributed by atoms with Crippen molar-refractivity contribution in [2.24, 2.45) is 0 Å². The summed E-state index contributed by atoms with van der Waals surface area (Å²) in [4.78, 5) is 0. The summed E-state index contributed by atoms with van der Waals surface area (Å²) < 4.78 is 24.6. The molecule has 0 saturated heterocycles. The van der Waals surface area contributed by atoms with Gasteiger partial charge in [0.15, 0.2) is 0 Å². The third-order valence-corrected chi connectivity index (χ3v) is 7.57. The normalized spacial score (nSPS) is 17.6. The van der Waals surface area contributed by atoms with Crippen molar-refractivity contribution < 1.29 is 18.0 Å². The molecule has 0 aliphatic rings. The molecular weight excluding hydrogens is 332 g/mol. The molecule has 1 rings (SSSR count). The molecule has 3 atom stereocenters. The van der Waals surface area contributed by atoms with Crippen molar-refractivity contribution in [1.29, 1.82) is 0 Å². The van der Waals surface area contributed by atoms with E-state index in [-0.39, 0.29) is 18.3 Å². The minimum atomic E-state index is -2.86. The van der Waals surface area contributed by atoms with E-state index in [1.54, 1.807) is 7.11 Å². The Bertz CT molecular complexity index is 446. The molecule has 0 radical (unpaired) electrons. The van der Waals surface area contributed by atoms with Crippen LogP contribution in [0.1, 0.15) is 66.4 Å². The Labute approximate surface area is 155 Å². The van der Waals surface area contributed by atoms with Gasteiger partial charge in [0, 0.05) is 24.4 Å². The molecule has 0 N–H and O–H groups in total. The highest BCUT2D eigenvalue weighted by Gasteiger charge is 2.45. The van der Waals surface area contributed by atoms with Gasteiger partial charge in [0.2, 0.25) is 0 Å². The standard InChI is InChI=1S/C20H36O4Si/c1-8-16(4)22-25(23-17(5)9-2,24-18(6)10-3)15-19-11-13-20(21-7)14-12-19/h11-14,16-18H,8-10,15H2,1-7H3. The molecule has 144 valence electrons. The third-order valence-electron chi connectivity index (χ3n) is 4.45. The molecule has 0 fully saturated rings. The highest BCUT2D eigenvalue weighted by Crippen LogP contribution is 2.25. The van der Waals surface area contributed by atoms with Crippen molar-refractivity contribution in [3.8, 4) is 5.75 Å². The summed E-state index contributed by atoms with van der Waals surface area (Å²) in [6, 6.07) is 8.77. The summed E-state index contributed by atoms with van der Waals surface area (Å²) in [7, 11) is -1.18. The first-order chi connectivity index (χ1) is 11.9. The van der Waals surface area contributed by atoms with Crippen LogP contribution in [0, 0.1) is 0 Å². The Balaban J connectivity index is 3.12. The highest BCUT2D eigenvalue weighted by atomic mass is 28.4. The molecule has 1 aromatic carbocycles. The average molecular weight is 369 g/mol. The van der Waals surface area contributed by atoms with E-state index in [1.807, 2.05) is 12.1 Å². The van der Waals surface area contributed by atoms with Gasteiger partial charge in [0.05, 0.1) is 7.11 Å². The summed E-state index contributed by atoms with van der Waals surface area (Å²) in [5.41, 5.74) is 1.15. The van der Waals surface area contributed by atoms with Gasteiger partial charge >= 0.3 is 8.80 Å². The lowest BCUT2D eigenvalue weighted by molar-refractivity contribution is -0.0116. The number of methoxy groups -OCH3 is 1. The number of rotatable bonds is 12. The molecule has 3 unspecified atom stereocenters. The Morgan fingerprint density at radius 1 is 0.760 bits per heavy atom. The topological polar surface area (TPSA) is 36.9 Å². The molecule has 25 heavy (non-hydrogen) atoms. The van der Waals surface area contributed by atoms with Gasteiger partial charge in [-0.15, -0.1) is 0 Å². The molecule has 0 saturated carbocycles. The summed E-state index contributed by atoms with van der Waals surface area (Å²) in [6.07, 6.45) is 3.13. The van der Waals surface area contributed by atoms with Crippen LogP contribution in [0.2, 0.25) is 0 Å². The minimum Gasteiger partial charge on any atom is -0.497 e. The quantitative estimate of drug-likeness (QED) is 0.477. The number of ether oxygens (including phenoxy) is 1. The van der Waals surface area contributed by atoms with Crippen molar-refractivity contribution in [2.45, 2.75) is 85.2 Å². The van der Waals surface area contributed by atoms with Crippen molar-refractivity contribution in [3.63, 3.8) is 0 Å². The zero-order valence-electron chi connectivity index (χ0n) is 17.0. The van der Waals surface area contributed by atoms with Crippen LogP contribution >= 0.6 is 0 Å².